The molecule has 1 aliphatic rings. The first-order valence-corrected chi connectivity index (χ1v) is 8.91. The Labute approximate surface area is 164 Å². The van der Waals surface area contributed by atoms with Gasteiger partial charge in [0.25, 0.3) is 0 Å². The number of carbonyl (C=O) groups is 2. The third-order valence-corrected chi connectivity index (χ3v) is 5.00. The highest BCUT2D eigenvalue weighted by molar-refractivity contribution is 5.98. The van der Waals surface area contributed by atoms with Crippen LogP contribution in [-0.2, 0) is 9.59 Å². The fourth-order valence-corrected chi connectivity index (χ4v) is 3.60. The molecule has 0 aromatic heterocycles. The summed E-state index contributed by atoms with van der Waals surface area (Å²) < 4.78 is 16.0. The monoisotopic (exact) mass is 384 g/mol. The Hall–Kier alpha value is -3.22. The van der Waals surface area contributed by atoms with Crippen LogP contribution >= 0.6 is 0 Å². The van der Waals surface area contributed by atoms with E-state index in [4.69, 9.17) is 14.2 Å². The average Bonchev–Trinajstić information content (AvgIpc) is 3.02. The second-order valence-electron chi connectivity index (χ2n) is 6.57. The lowest BCUT2D eigenvalue weighted by Crippen LogP contribution is -2.30. The second kappa shape index (κ2) is 8.21. The molecule has 1 heterocycles. The number of nitrogens with zero attached hydrogens (tertiary/aromatic N) is 1. The van der Waals surface area contributed by atoms with Crippen LogP contribution in [0.1, 0.15) is 18.0 Å². The van der Waals surface area contributed by atoms with E-state index in [9.17, 15) is 9.59 Å². The molecule has 1 saturated heterocycles. The molecule has 2 amide bonds. The Kier molecular flexibility index (Phi) is 5.73. The lowest BCUT2D eigenvalue weighted by atomic mass is 9.93. The van der Waals surface area contributed by atoms with E-state index in [1.165, 1.54) is 21.3 Å². The molecule has 2 atom stereocenters. The van der Waals surface area contributed by atoms with Gasteiger partial charge in [-0.15, -0.1) is 0 Å². The molecule has 3 rings (SSSR count). The number of anilines is 1. The van der Waals surface area contributed by atoms with Gasteiger partial charge in [0.15, 0.2) is 11.5 Å². The summed E-state index contributed by atoms with van der Waals surface area (Å²) in [6, 6.07) is 12.6. The van der Waals surface area contributed by atoms with E-state index in [-0.39, 0.29) is 24.3 Å². The summed E-state index contributed by atoms with van der Waals surface area (Å²) in [7, 11) is 6.27. The van der Waals surface area contributed by atoms with E-state index < -0.39 is 5.92 Å². The molecular formula is C21H24N2O5. The fourth-order valence-electron chi connectivity index (χ4n) is 3.60. The van der Waals surface area contributed by atoms with Gasteiger partial charge in [-0.25, -0.2) is 0 Å². The maximum absolute atomic E-state index is 13.0. The minimum atomic E-state index is -0.501. The fraction of sp³-hybridized carbons (Fsp3) is 0.333. The van der Waals surface area contributed by atoms with Gasteiger partial charge >= 0.3 is 0 Å². The zero-order valence-electron chi connectivity index (χ0n) is 16.4. The van der Waals surface area contributed by atoms with Gasteiger partial charge in [-0.3, -0.25) is 9.59 Å². The molecule has 1 N–H and O–H groups in total. The number of amides is 2. The van der Waals surface area contributed by atoms with Crippen LogP contribution in [0.2, 0.25) is 0 Å². The van der Waals surface area contributed by atoms with Gasteiger partial charge in [0, 0.05) is 31.3 Å². The summed E-state index contributed by atoms with van der Waals surface area (Å²) in [4.78, 5) is 27.0. The lowest BCUT2D eigenvalue weighted by molar-refractivity contribution is -0.127. The minimum absolute atomic E-state index is 0.0566. The van der Waals surface area contributed by atoms with Gasteiger partial charge in [0.05, 0.1) is 33.3 Å². The molecule has 0 saturated carbocycles. The van der Waals surface area contributed by atoms with Gasteiger partial charge in [-0.2, -0.15) is 0 Å². The third kappa shape index (κ3) is 3.60. The zero-order valence-corrected chi connectivity index (χ0v) is 16.4. The topological polar surface area (TPSA) is 77.1 Å². The predicted octanol–water partition coefficient (Wildman–Crippen LogP) is 2.87. The number of methoxy groups -OCH3 is 3. The van der Waals surface area contributed by atoms with Crippen LogP contribution in [-0.4, -0.2) is 45.1 Å². The van der Waals surface area contributed by atoms with Crippen molar-refractivity contribution in [1.82, 2.24) is 4.90 Å². The number of nitrogens with one attached hydrogen (secondary N) is 1. The van der Waals surface area contributed by atoms with Gasteiger partial charge in [0.2, 0.25) is 17.6 Å². The van der Waals surface area contributed by atoms with Crippen molar-refractivity contribution in [3.8, 4) is 17.2 Å². The van der Waals surface area contributed by atoms with Gasteiger partial charge in [-0.05, 0) is 5.56 Å². The Morgan fingerprint density at radius 2 is 1.64 bits per heavy atom. The van der Waals surface area contributed by atoms with E-state index in [0.717, 1.165) is 5.56 Å². The first-order chi connectivity index (χ1) is 13.5. The number of likely N-dealkylation sites (tertiary alicyclic amines) is 1. The maximum Gasteiger partial charge on any atom is 0.230 e. The molecule has 7 heteroatoms. The van der Waals surface area contributed by atoms with Crippen molar-refractivity contribution < 1.29 is 23.8 Å². The van der Waals surface area contributed by atoms with Crippen LogP contribution in [0.3, 0.4) is 0 Å². The Bertz CT molecular complexity index is 843. The van der Waals surface area contributed by atoms with Crippen LogP contribution in [0.15, 0.2) is 42.5 Å². The molecular weight excluding hydrogens is 360 g/mol. The van der Waals surface area contributed by atoms with E-state index in [1.54, 1.807) is 24.1 Å². The number of benzene rings is 2. The highest BCUT2D eigenvalue weighted by Crippen LogP contribution is 2.41. The summed E-state index contributed by atoms with van der Waals surface area (Å²) in [5.74, 6) is 0.535. The summed E-state index contributed by atoms with van der Waals surface area (Å²) in [5, 5.41) is 2.89. The van der Waals surface area contributed by atoms with Crippen molar-refractivity contribution >= 4 is 17.5 Å². The van der Waals surface area contributed by atoms with E-state index in [1.807, 2.05) is 30.3 Å². The number of rotatable bonds is 6. The molecule has 0 aliphatic carbocycles. The Balaban J connectivity index is 1.89. The molecule has 2 aromatic rings. The predicted molar refractivity (Wildman–Crippen MR) is 105 cm³/mol. The average molecular weight is 384 g/mol. The largest absolute Gasteiger partial charge is 0.493 e. The molecule has 0 unspecified atom stereocenters. The van der Waals surface area contributed by atoms with E-state index in [2.05, 4.69) is 5.32 Å². The maximum atomic E-state index is 13.0. The summed E-state index contributed by atoms with van der Waals surface area (Å²) in [6.45, 7) is 0. The molecule has 2 aromatic carbocycles. The van der Waals surface area contributed by atoms with Crippen LogP contribution in [0, 0.1) is 5.92 Å². The van der Waals surface area contributed by atoms with E-state index in [0.29, 0.717) is 22.9 Å². The summed E-state index contributed by atoms with van der Waals surface area (Å²) in [6.07, 6.45) is 0.159. The molecule has 0 spiro atoms. The number of hydrogen-bond acceptors (Lipinski definition) is 5. The quantitative estimate of drug-likeness (QED) is 0.829. The van der Waals surface area contributed by atoms with Crippen molar-refractivity contribution in [2.45, 2.75) is 12.5 Å². The molecule has 1 fully saturated rings. The number of hydrogen-bond donors (Lipinski definition) is 1. The van der Waals surface area contributed by atoms with Gasteiger partial charge in [0.1, 0.15) is 0 Å². The van der Waals surface area contributed by atoms with Crippen LogP contribution in [0.4, 0.5) is 5.69 Å². The first kappa shape index (κ1) is 19.5. The van der Waals surface area contributed by atoms with Crippen molar-refractivity contribution in [3.05, 3.63) is 48.0 Å². The molecule has 7 nitrogen and oxygen atoms in total. The molecule has 28 heavy (non-hydrogen) atoms. The van der Waals surface area contributed by atoms with Crippen molar-refractivity contribution in [3.63, 3.8) is 0 Å². The normalized spacial score (nSPS) is 18.7. The number of carbonyl (C=O) groups excluding carboxylic acids is 2. The highest BCUT2D eigenvalue weighted by atomic mass is 16.5. The highest BCUT2D eigenvalue weighted by Gasteiger charge is 2.42. The second-order valence-corrected chi connectivity index (χ2v) is 6.57. The standard InChI is InChI=1S/C21H24N2O5/c1-23-18(24)12-15(19(23)13-8-6-5-7-9-13)21(25)22-14-10-16(26-2)20(28-4)17(11-14)27-3/h5-11,15,19H,12H2,1-4H3,(H,22,25)/t15-,19+/m1/s1. The lowest BCUT2D eigenvalue weighted by Gasteiger charge is -2.25. The number of ether oxygens (including phenoxy) is 3. The smallest absolute Gasteiger partial charge is 0.230 e. The van der Waals surface area contributed by atoms with Crippen molar-refractivity contribution in [1.29, 1.82) is 0 Å². The van der Waals surface area contributed by atoms with Gasteiger partial charge in [-0.1, -0.05) is 30.3 Å². The SMILES string of the molecule is COc1cc(NC(=O)[C@@H]2CC(=O)N(C)[C@H]2c2ccccc2)cc(OC)c1OC. The summed E-state index contributed by atoms with van der Waals surface area (Å²) >= 11 is 0. The Morgan fingerprint density at radius 3 is 2.18 bits per heavy atom. The van der Waals surface area contributed by atoms with E-state index >= 15 is 0 Å². The van der Waals surface area contributed by atoms with Crippen molar-refractivity contribution in [2.75, 3.05) is 33.7 Å². The first-order valence-electron chi connectivity index (χ1n) is 8.91. The molecule has 1 aliphatic heterocycles. The molecule has 0 bridgehead atoms. The minimum Gasteiger partial charge on any atom is -0.493 e. The summed E-state index contributed by atoms with van der Waals surface area (Å²) in [5.41, 5.74) is 1.44. The van der Waals surface area contributed by atoms with Gasteiger partial charge < -0.3 is 24.4 Å². The molecule has 148 valence electrons. The Morgan fingerprint density at radius 1 is 1.04 bits per heavy atom. The van der Waals surface area contributed by atoms with Crippen LogP contribution < -0.4 is 19.5 Å². The van der Waals surface area contributed by atoms with Crippen LogP contribution in [0.25, 0.3) is 0 Å². The van der Waals surface area contributed by atoms with Crippen molar-refractivity contribution in [2.24, 2.45) is 5.92 Å². The zero-order chi connectivity index (χ0) is 20.3. The van der Waals surface area contributed by atoms with Crippen LogP contribution in [0.5, 0.6) is 17.2 Å². The molecule has 0 radical (unpaired) electrons. The third-order valence-electron chi connectivity index (χ3n) is 5.00.